The molecule has 3 aromatic heterocycles. The van der Waals surface area contributed by atoms with Crippen molar-refractivity contribution in [2.24, 2.45) is 0 Å². The summed E-state index contributed by atoms with van der Waals surface area (Å²) in [6.45, 7) is 0. The van der Waals surface area contributed by atoms with Crippen molar-refractivity contribution in [2.45, 2.75) is 0 Å². The lowest BCUT2D eigenvalue weighted by Crippen LogP contribution is -2.05. The Morgan fingerprint density at radius 2 is 1.14 bits per heavy atom. The molecule has 174 valence electrons. The highest BCUT2D eigenvalue weighted by Crippen LogP contribution is 2.34. The van der Waals surface area contributed by atoms with Gasteiger partial charge in [-0.3, -0.25) is 9.59 Å². The van der Waals surface area contributed by atoms with E-state index in [0.717, 1.165) is 26.1 Å². The van der Waals surface area contributed by atoms with Gasteiger partial charge in [-0.25, -0.2) is 0 Å². The molecule has 5 heteroatoms. The van der Waals surface area contributed by atoms with E-state index in [9.17, 15) is 9.59 Å². The minimum Gasteiger partial charge on any atom is -0.456 e. The quantitative estimate of drug-likeness (QED) is 0.219. The topological polar surface area (TPSA) is 52.2 Å². The van der Waals surface area contributed by atoms with E-state index in [1.807, 2.05) is 42.5 Å². The zero-order chi connectivity index (χ0) is 24.7. The van der Waals surface area contributed by atoms with E-state index < -0.39 is 0 Å². The average molecular weight is 496 g/mol. The average Bonchev–Trinajstić information content (AvgIpc) is 3.27. The number of rotatable bonds is 1. The summed E-state index contributed by atoms with van der Waals surface area (Å²) in [7, 11) is 0. The molecule has 0 amide bonds. The molecular formula is C32H17NO3S. The summed E-state index contributed by atoms with van der Waals surface area (Å²) in [5, 5.41) is 4.51. The lowest BCUT2D eigenvalue weighted by Gasteiger charge is -2.10. The van der Waals surface area contributed by atoms with E-state index >= 15 is 0 Å². The van der Waals surface area contributed by atoms with Gasteiger partial charge >= 0.3 is 0 Å². The second-order valence-electron chi connectivity index (χ2n) is 9.25. The van der Waals surface area contributed by atoms with Crippen LogP contribution in [-0.4, -0.2) is 4.57 Å². The van der Waals surface area contributed by atoms with Crippen molar-refractivity contribution in [3.8, 4) is 5.69 Å². The molecule has 0 atom stereocenters. The van der Waals surface area contributed by atoms with Crippen LogP contribution in [0.1, 0.15) is 0 Å². The van der Waals surface area contributed by atoms with Crippen LogP contribution in [0, 0.1) is 0 Å². The van der Waals surface area contributed by atoms with Crippen LogP contribution in [0.25, 0.3) is 69.6 Å². The lowest BCUT2D eigenvalue weighted by atomic mass is 10.1. The molecule has 0 aliphatic carbocycles. The Balaban J connectivity index is 1.44. The van der Waals surface area contributed by atoms with Gasteiger partial charge in [0.1, 0.15) is 11.2 Å². The first-order valence-electron chi connectivity index (χ1n) is 12.0. The number of hydrogen-bond acceptors (Lipinski definition) is 4. The third-order valence-corrected chi connectivity index (χ3v) is 8.31. The van der Waals surface area contributed by atoms with Crippen LogP contribution in [0.3, 0.4) is 0 Å². The smallest absolute Gasteiger partial charge is 0.200 e. The minimum absolute atomic E-state index is 0.0769. The fraction of sp³-hybridized carbons (Fsp3) is 0. The van der Waals surface area contributed by atoms with E-state index in [-0.39, 0.29) is 10.9 Å². The molecule has 0 saturated carbocycles. The fourth-order valence-electron chi connectivity index (χ4n) is 5.48. The van der Waals surface area contributed by atoms with E-state index in [1.54, 1.807) is 18.2 Å². The van der Waals surface area contributed by atoms with Crippen molar-refractivity contribution >= 4 is 75.3 Å². The first-order valence-corrected chi connectivity index (χ1v) is 12.8. The van der Waals surface area contributed by atoms with Gasteiger partial charge in [0.15, 0.2) is 5.43 Å². The second-order valence-corrected chi connectivity index (χ2v) is 10.3. The van der Waals surface area contributed by atoms with Gasteiger partial charge in [0.2, 0.25) is 5.43 Å². The fourth-order valence-corrected chi connectivity index (χ4v) is 6.59. The molecule has 37 heavy (non-hydrogen) atoms. The van der Waals surface area contributed by atoms with Crippen LogP contribution in [0.4, 0.5) is 0 Å². The van der Waals surface area contributed by atoms with Crippen LogP contribution in [0.5, 0.6) is 0 Å². The van der Waals surface area contributed by atoms with Gasteiger partial charge in [-0.2, -0.15) is 0 Å². The standard InChI is InChI=1S/C32H17NO3S/c34-31-21-9-3-6-12-27(21)36-28-17-30-24(16-23(28)31)32(35)22-14-13-18(15-29(22)37-30)33-25-10-4-1-7-19(25)20-8-2-5-11-26(20)33/h1-17H. The highest BCUT2D eigenvalue weighted by Gasteiger charge is 2.15. The maximum Gasteiger partial charge on any atom is 0.200 e. The predicted molar refractivity (Wildman–Crippen MR) is 153 cm³/mol. The third kappa shape index (κ3) is 2.83. The number of nitrogens with zero attached hydrogens (tertiary/aromatic N) is 1. The highest BCUT2D eigenvalue weighted by molar-refractivity contribution is 7.24. The molecule has 8 rings (SSSR count). The molecule has 0 unspecified atom stereocenters. The van der Waals surface area contributed by atoms with Crippen LogP contribution < -0.4 is 10.9 Å². The van der Waals surface area contributed by atoms with Gasteiger partial charge in [-0.1, -0.05) is 48.5 Å². The largest absolute Gasteiger partial charge is 0.456 e. The zero-order valence-electron chi connectivity index (χ0n) is 19.4. The van der Waals surface area contributed by atoms with Crippen molar-refractivity contribution in [1.82, 2.24) is 4.57 Å². The molecule has 0 N–H and O–H groups in total. The van der Waals surface area contributed by atoms with Crippen molar-refractivity contribution < 1.29 is 4.42 Å². The molecule has 8 aromatic rings. The molecule has 0 bridgehead atoms. The Morgan fingerprint density at radius 3 is 1.89 bits per heavy atom. The first-order chi connectivity index (χ1) is 18.2. The van der Waals surface area contributed by atoms with Crippen molar-refractivity contribution in [3.05, 3.63) is 124 Å². The van der Waals surface area contributed by atoms with Crippen LogP contribution in [0.2, 0.25) is 0 Å². The third-order valence-electron chi connectivity index (χ3n) is 7.19. The predicted octanol–water partition coefficient (Wildman–Crippen LogP) is 7.77. The molecule has 0 saturated heterocycles. The molecule has 5 aromatic carbocycles. The summed E-state index contributed by atoms with van der Waals surface area (Å²) < 4.78 is 10.00. The maximum absolute atomic E-state index is 13.6. The van der Waals surface area contributed by atoms with Crippen molar-refractivity contribution in [3.63, 3.8) is 0 Å². The monoisotopic (exact) mass is 495 g/mol. The van der Waals surface area contributed by atoms with Gasteiger partial charge in [0.05, 0.1) is 21.8 Å². The molecule has 0 spiro atoms. The first kappa shape index (κ1) is 20.5. The van der Waals surface area contributed by atoms with Gasteiger partial charge < -0.3 is 8.98 Å². The van der Waals surface area contributed by atoms with E-state index in [2.05, 4.69) is 47.0 Å². The molecule has 0 aliphatic rings. The Morgan fingerprint density at radius 1 is 0.514 bits per heavy atom. The van der Waals surface area contributed by atoms with Gasteiger partial charge in [0, 0.05) is 36.6 Å². The van der Waals surface area contributed by atoms with E-state index in [4.69, 9.17) is 4.42 Å². The zero-order valence-corrected chi connectivity index (χ0v) is 20.2. The number of hydrogen-bond donors (Lipinski definition) is 0. The van der Waals surface area contributed by atoms with Crippen molar-refractivity contribution in [1.29, 1.82) is 0 Å². The molecular weight excluding hydrogens is 478 g/mol. The Hall–Kier alpha value is -4.74. The molecule has 0 aliphatic heterocycles. The summed E-state index contributed by atoms with van der Waals surface area (Å²) in [6, 6.07) is 33.5. The number of aromatic nitrogens is 1. The molecule has 0 fully saturated rings. The summed E-state index contributed by atoms with van der Waals surface area (Å²) in [5.41, 5.74) is 4.08. The Bertz CT molecular complexity index is 2300. The molecule has 3 heterocycles. The van der Waals surface area contributed by atoms with Crippen LogP contribution in [-0.2, 0) is 0 Å². The van der Waals surface area contributed by atoms with Gasteiger partial charge in [-0.15, -0.1) is 11.3 Å². The molecule has 4 nitrogen and oxygen atoms in total. The number of fused-ring (bicyclic) bond motifs is 7. The Labute approximate surface area is 213 Å². The maximum atomic E-state index is 13.6. The summed E-state index contributed by atoms with van der Waals surface area (Å²) in [6.07, 6.45) is 0. The SMILES string of the molecule is O=c1c2ccccc2oc2cc3sc4cc(-n5c6ccccc6c6ccccc65)ccc4c(=O)c3cc12. The van der Waals surface area contributed by atoms with E-state index in [1.165, 1.54) is 22.1 Å². The highest BCUT2D eigenvalue weighted by atomic mass is 32.1. The molecule has 0 radical (unpaired) electrons. The summed E-state index contributed by atoms with van der Waals surface area (Å²) in [5.74, 6) is 0. The summed E-state index contributed by atoms with van der Waals surface area (Å²) in [4.78, 5) is 26.7. The minimum atomic E-state index is -0.120. The Kier molecular flexibility index (Phi) is 4.08. The second kappa shape index (κ2) is 7.38. The number of para-hydroxylation sites is 3. The van der Waals surface area contributed by atoms with Crippen LogP contribution in [0.15, 0.2) is 117 Å². The van der Waals surface area contributed by atoms with E-state index in [0.29, 0.717) is 32.7 Å². The van der Waals surface area contributed by atoms with Crippen molar-refractivity contribution in [2.75, 3.05) is 0 Å². The lowest BCUT2D eigenvalue weighted by molar-refractivity contribution is 0.660. The normalized spacial score (nSPS) is 12.0. The van der Waals surface area contributed by atoms with Gasteiger partial charge in [0.25, 0.3) is 0 Å². The summed E-state index contributed by atoms with van der Waals surface area (Å²) >= 11 is 1.54. The van der Waals surface area contributed by atoms with Crippen LogP contribution >= 0.6 is 11.3 Å². The van der Waals surface area contributed by atoms with Gasteiger partial charge in [-0.05, 0) is 54.6 Å². The number of benzene rings is 5.